The number of phenolic OH excluding ortho intramolecular Hbond substituents is 1. The Labute approximate surface area is 244 Å². The van der Waals surface area contributed by atoms with E-state index < -0.39 is 72.6 Å². The summed E-state index contributed by atoms with van der Waals surface area (Å²) in [6.45, 7) is 0. The number of rotatable bonds is 15. The Morgan fingerprint density at radius 1 is 0.767 bits per heavy atom. The zero-order valence-corrected chi connectivity index (χ0v) is 22.8. The Hall–Kier alpha value is -5.44. The van der Waals surface area contributed by atoms with Crippen molar-refractivity contribution >= 4 is 46.5 Å². The van der Waals surface area contributed by atoms with Crippen molar-refractivity contribution in [1.29, 1.82) is 0 Å². The maximum atomic E-state index is 13.3. The van der Waals surface area contributed by atoms with Gasteiger partial charge in [0.05, 0.1) is 18.9 Å². The van der Waals surface area contributed by atoms with Crippen LogP contribution >= 0.6 is 0 Å². The summed E-state index contributed by atoms with van der Waals surface area (Å²) >= 11 is 0. The second-order valence-electron chi connectivity index (χ2n) is 9.83. The van der Waals surface area contributed by atoms with Gasteiger partial charge < -0.3 is 47.7 Å². The summed E-state index contributed by atoms with van der Waals surface area (Å²) in [4.78, 5) is 76.9. The monoisotopic (exact) mass is 596 g/mol. The lowest BCUT2D eigenvalue weighted by molar-refractivity contribution is -0.147. The van der Waals surface area contributed by atoms with E-state index in [0.717, 1.165) is 5.52 Å². The molecule has 0 bridgehead atoms. The molecule has 0 saturated carbocycles. The number of hydrogen-bond donors (Lipinski definition) is 9. The van der Waals surface area contributed by atoms with Crippen LogP contribution in [0.15, 0.2) is 54.7 Å². The highest BCUT2D eigenvalue weighted by Gasteiger charge is 2.32. The number of fused-ring (bicyclic) bond motifs is 1. The number of H-pyrrole nitrogens is 1. The van der Waals surface area contributed by atoms with Crippen molar-refractivity contribution < 1.29 is 44.1 Å². The molecule has 43 heavy (non-hydrogen) atoms. The van der Waals surface area contributed by atoms with Gasteiger partial charge >= 0.3 is 11.9 Å². The van der Waals surface area contributed by atoms with Crippen molar-refractivity contribution in [2.45, 2.75) is 49.9 Å². The van der Waals surface area contributed by atoms with Crippen LogP contribution in [0.25, 0.3) is 10.9 Å². The number of carboxylic acids is 2. The predicted molar refractivity (Wildman–Crippen MR) is 151 cm³/mol. The lowest BCUT2D eigenvalue weighted by Crippen LogP contribution is -2.58. The molecule has 4 unspecified atom stereocenters. The first-order valence-corrected chi connectivity index (χ1v) is 13.1. The Balaban J connectivity index is 1.82. The van der Waals surface area contributed by atoms with Gasteiger partial charge in [0, 0.05) is 23.5 Å². The van der Waals surface area contributed by atoms with Crippen molar-refractivity contribution in [2.24, 2.45) is 11.5 Å². The number of carbonyl (C=O) groups excluding carboxylic acids is 4. The van der Waals surface area contributed by atoms with E-state index in [-0.39, 0.29) is 18.6 Å². The Kier molecular flexibility index (Phi) is 10.8. The summed E-state index contributed by atoms with van der Waals surface area (Å²) in [5.41, 5.74) is 13.2. The average molecular weight is 597 g/mol. The van der Waals surface area contributed by atoms with Gasteiger partial charge in [-0.2, -0.15) is 0 Å². The van der Waals surface area contributed by atoms with Crippen LogP contribution in [-0.2, 0) is 41.6 Å². The molecule has 0 spiro atoms. The molecule has 4 amide bonds. The quantitative estimate of drug-likeness (QED) is 0.102. The Morgan fingerprint density at radius 2 is 1.37 bits per heavy atom. The first kappa shape index (κ1) is 32.1. The molecule has 0 aliphatic rings. The van der Waals surface area contributed by atoms with Gasteiger partial charge in [0.1, 0.15) is 23.9 Å². The van der Waals surface area contributed by atoms with Crippen LogP contribution in [0.2, 0.25) is 0 Å². The number of primary amides is 1. The summed E-state index contributed by atoms with van der Waals surface area (Å²) in [5.74, 6) is -6.82. The fourth-order valence-corrected chi connectivity index (χ4v) is 4.32. The lowest BCUT2D eigenvalue weighted by Gasteiger charge is -2.24. The van der Waals surface area contributed by atoms with Gasteiger partial charge in [-0.1, -0.05) is 30.3 Å². The molecule has 3 rings (SSSR count). The molecule has 0 fully saturated rings. The average Bonchev–Trinajstić information content (AvgIpc) is 3.35. The molecular formula is C28H32N6O9. The van der Waals surface area contributed by atoms with E-state index >= 15 is 0 Å². The molecule has 1 aromatic heterocycles. The smallest absolute Gasteiger partial charge is 0.326 e. The van der Waals surface area contributed by atoms with E-state index in [2.05, 4.69) is 20.9 Å². The number of hydrogen-bond acceptors (Lipinski definition) is 8. The number of nitrogens with one attached hydrogen (secondary N) is 4. The minimum atomic E-state index is -1.80. The number of carbonyl (C=O) groups is 6. The third kappa shape index (κ3) is 9.29. The zero-order valence-electron chi connectivity index (χ0n) is 22.8. The van der Waals surface area contributed by atoms with Gasteiger partial charge in [0.15, 0.2) is 0 Å². The summed E-state index contributed by atoms with van der Waals surface area (Å²) in [5, 5.41) is 35.5. The molecule has 15 nitrogen and oxygen atoms in total. The number of aromatic amines is 1. The van der Waals surface area contributed by atoms with Crippen molar-refractivity contribution in [2.75, 3.05) is 0 Å². The number of aromatic hydroxyl groups is 1. The second-order valence-corrected chi connectivity index (χ2v) is 9.83. The van der Waals surface area contributed by atoms with E-state index in [0.29, 0.717) is 16.5 Å². The van der Waals surface area contributed by atoms with Crippen LogP contribution in [0.3, 0.4) is 0 Å². The van der Waals surface area contributed by atoms with Crippen LogP contribution in [0.4, 0.5) is 0 Å². The van der Waals surface area contributed by atoms with Crippen LogP contribution in [-0.4, -0.2) is 80.0 Å². The van der Waals surface area contributed by atoms with Gasteiger partial charge in [-0.15, -0.1) is 0 Å². The summed E-state index contributed by atoms with van der Waals surface area (Å²) in [6, 6.07) is 7.02. The normalized spacial score (nSPS) is 13.7. The van der Waals surface area contributed by atoms with Crippen molar-refractivity contribution in [3.05, 3.63) is 65.9 Å². The summed E-state index contributed by atoms with van der Waals surface area (Å²) in [6.07, 6.45) is -0.120. The van der Waals surface area contributed by atoms with Crippen LogP contribution in [0.1, 0.15) is 24.0 Å². The van der Waals surface area contributed by atoms with Crippen molar-refractivity contribution in [1.82, 2.24) is 20.9 Å². The van der Waals surface area contributed by atoms with Gasteiger partial charge in [0.2, 0.25) is 23.6 Å². The zero-order chi connectivity index (χ0) is 31.7. The molecule has 0 radical (unpaired) electrons. The summed E-state index contributed by atoms with van der Waals surface area (Å²) in [7, 11) is 0. The van der Waals surface area contributed by atoms with E-state index in [1.807, 2.05) is 0 Å². The molecule has 2 aromatic carbocycles. The lowest BCUT2D eigenvalue weighted by atomic mass is 10.0. The van der Waals surface area contributed by atoms with Crippen LogP contribution in [0, 0.1) is 0 Å². The SMILES string of the molecule is NC(=O)CC(NC(=O)C(N)Cc1ccc(O)cc1)C(=O)NC(Cc1c[nH]c2ccccc12)C(=O)NC(CC(=O)O)C(=O)O. The van der Waals surface area contributed by atoms with Gasteiger partial charge in [0.25, 0.3) is 0 Å². The maximum Gasteiger partial charge on any atom is 0.326 e. The topological polar surface area (TPSA) is 267 Å². The van der Waals surface area contributed by atoms with Gasteiger partial charge in [-0.3, -0.25) is 24.0 Å². The molecule has 11 N–H and O–H groups in total. The Morgan fingerprint density at radius 3 is 2.00 bits per heavy atom. The first-order valence-electron chi connectivity index (χ1n) is 13.1. The fourth-order valence-electron chi connectivity index (χ4n) is 4.32. The molecule has 0 aliphatic heterocycles. The van der Waals surface area contributed by atoms with Crippen LogP contribution < -0.4 is 27.4 Å². The molecule has 1 heterocycles. The number of aromatic nitrogens is 1. The number of benzene rings is 2. The molecule has 3 aromatic rings. The highest BCUT2D eigenvalue weighted by Crippen LogP contribution is 2.19. The number of nitrogens with two attached hydrogens (primary N) is 2. The van der Waals surface area contributed by atoms with E-state index in [1.54, 1.807) is 42.6 Å². The minimum absolute atomic E-state index is 0.0174. The van der Waals surface area contributed by atoms with Crippen LogP contribution in [0.5, 0.6) is 5.75 Å². The Bertz CT molecular complexity index is 1500. The highest BCUT2D eigenvalue weighted by atomic mass is 16.4. The number of phenols is 1. The van der Waals surface area contributed by atoms with E-state index in [9.17, 15) is 39.0 Å². The largest absolute Gasteiger partial charge is 0.508 e. The van der Waals surface area contributed by atoms with Gasteiger partial charge in [-0.25, -0.2) is 4.79 Å². The molecule has 0 saturated heterocycles. The molecule has 228 valence electrons. The highest BCUT2D eigenvalue weighted by molar-refractivity contribution is 5.97. The third-order valence-electron chi connectivity index (χ3n) is 6.49. The molecule has 15 heteroatoms. The molecule has 0 aliphatic carbocycles. The predicted octanol–water partition coefficient (Wildman–Crippen LogP) is -1.12. The molecule has 4 atom stereocenters. The van der Waals surface area contributed by atoms with Crippen molar-refractivity contribution in [3.8, 4) is 5.75 Å². The molecular weight excluding hydrogens is 564 g/mol. The third-order valence-corrected chi connectivity index (χ3v) is 6.49. The van der Waals surface area contributed by atoms with Crippen molar-refractivity contribution in [3.63, 3.8) is 0 Å². The minimum Gasteiger partial charge on any atom is -0.508 e. The number of amides is 4. The maximum absolute atomic E-state index is 13.3. The number of aliphatic carboxylic acids is 2. The standard InChI is InChI=1S/C28H32N6O9/c29-18(9-14-5-7-16(35)8-6-14)25(39)32-21(11-23(30)36)27(41)33-20(26(40)34-22(28(42)43)12-24(37)38)10-15-13-31-19-4-2-1-3-17(15)19/h1-8,13,18,20-22,31,35H,9-12,29H2,(H2,30,36)(H,32,39)(H,33,41)(H,34,40)(H,37,38)(H,42,43). The first-order chi connectivity index (χ1) is 20.3. The number of para-hydroxylation sites is 1. The van der Waals surface area contributed by atoms with E-state index in [4.69, 9.17) is 16.6 Å². The summed E-state index contributed by atoms with van der Waals surface area (Å²) < 4.78 is 0. The fraction of sp³-hybridized carbons (Fsp3) is 0.286. The second kappa shape index (κ2) is 14.5. The number of carboxylic acid groups (broad SMARTS) is 2. The van der Waals surface area contributed by atoms with E-state index in [1.165, 1.54) is 12.1 Å². The van der Waals surface area contributed by atoms with Gasteiger partial charge in [-0.05, 0) is 35.7 Å².